The minimum atomic E-state index is -0.548. The Kier molecular flexibility index (Phi) is 11.7. The van der Waals surface area contributed by atoms with Crippen LogP contribution in [-0.2, 0) is 25.7 Å². The second-order valence-electron chi connectivity index (χ2n) is 13.3. The highest BCUT2D eigenvalue weighted by Crippen LogP contribution is 2.39. The summed E-state index contributed by atoms with van der Waals surface area (Å²) in [5.41, 5.74) is 10.5. The van der Waals surface area contributed by atoms with Crippen molar-refractivity contribution in [3.8, 4) is 0 Å². The Hall–Kier alpha value is -3.80. The number of aliphatic hydroxyl groups excluding tert-OH is 1. The monoisotopic (exact) mass is 655 g/mol. The van der Waals surface area contributed by atoms with Crippen LogP contribution in [0.3, 0.4) is 0 Å². The van der Waals surface area contributed by atoms with Crippen LogP contribution < -0.4 is 16.4 Å². The van der Waals surface area contributed by atoms with Crippen molar-refractivity contribution in [3.05, 3.63) is 89.5 Å². The number of benzene rings is 3. The van der Waals surface area contributed by atoms with Gasteiger partial charge in [-0.1, -0.05) is 48.5 Å². The third-order valence-electron chi connectivity index (χ3n) is 9.73. The van der Waals surface area contributed by atoms with Crippen molar-refractivity contribution in [2.45, 2.75) is 82.5 Å². The average molecular weight is 656 g/mol. The summed E-state index contributed by atoms with van der Waals surface area (Å²) in [7, 11) is 0. The molecule has 0 bridgehead atoms. The van der Waals surface area contributed by atoms with Crippen LogP contribution in [0.1, 0.15) is 80.5 Å². The van der Waals surface area contributed by atoms with Crippen molar-refractivity contribution < 1.29 is 24.2 Å². The molecule has 256 valence electrons. The maximum atomic E-state index is 12.6. The number of carbonyl (C=O) groups excluding carboxylic acids is 2. The van der Waals surface area contributed by atoms with Crippen molar-refractivity contribution in [2.75, 3.05) is 49.1 Å². The van der Waals surface area contributed by atoms with Crippen LogP contribution >= 0.6 is 0 Å². The molecule has 10 nitrogen and oxygen atoms in total. The zero-order chi connectivity index (χ0) is 33.3. The number of nitrogens with one attached hydrogen (secondary N) is 2. The van der Waals surface area contributed by atoms with Gasteiger partial charge in [-0.25, -0.2) is 0 Å². The number of nitrogens with zero attached hydrogens (tertiary/aromatic N) is 2. The van der Waals surface area contributed by atoms with Crippen LogP contribution in [0, 0.1) is 0 Å². The van der Waals surface area contributed by atoms with Gasteiger partial charge in [-0.2, -0.15) is 0 Å². The largest absolute Gasteiger partial charge is 0.397 e. The van der Waals surface area contributed by atoms with Gasteiger partial charge in [-0.3, -0.25) is 14.5 Å². The number of para-hydroxylation sites is 2. The second kappa shape index (κ2) is 16.5. The number of carbonyl (C=O) groups is 2. The molecule has 4 atom stereocenters. The molecule has 2 amide bonds. The topological polar surface area (TPSA) is 129 Å². The Labute approximate surface area is 283 Å². The van der Waals surface area contributed by atoms with Crippen LogP contribution in [-0.4, -0.2) is 71.6 Å². The van der Waals surface area contributed by atoms with E-state index >= 15 is 0 Å². The molecule has 10 heteroatoms. The minimum Gasteiger partial charge on any atom is -0.397 e. The fraction of sp³-hybridized carbons (Fsp3) is 0.474. The Morgan fingerprint density at radius 1 is 0.812 bits per heavy atom. The zero-order valence-electron chi connectivity index (χ0n) is 27.7. The lowest BCUT2D eigenvalue weighted by atomic mass is 9.99. The van der Waals surface area contributed by atoms with Crippen LogP contribution in [0.15, 0.2) is 72.8 Å². The zero-order valence-corrected chi connectivity index (χ0v) is 27.7. The van der Waals surface area contributed by atoms with Crippen molar-refractivity contribution >= 4 is 28.9 Å². The number of hydrogen-bond acceptors (Lipinski definition) is 8. The van der Waals surface area contributed by atoms with Crippen LogP contribution in [0.5, 0.6) is 0 Å². The first-order valence-electron chi connectivity index (χ1n) is 17.4. The Morgan fingerprint density at radius 2 is 1.52 bits per heavy atom. The van der Waals surface area contributed by atoms with Gasteiger partial charge in [-0.05, 0) is 87.1 Å². The van der Waals surface area contributed by atoms with E-state index in [1.807, 2.05) is 60.7 Å². The Morgan fingerprint density at radius 3 is 2.25 bits per heavy atom. The van der Waals surface area contributed by atoms with Crippen LogP contribution in [0.4, 0.5) is 17.1 Å². The van der Waals surface area contributed by atoms with Gasteiger partial charge in [0.05, 0.1) is 30.2 Å². The van der Waals surface area contributed by atoms with E-state index in [9.17, 15) is 14.7 Å². The van der Waals surface area contributed by atoms with Crippen molar-refractivity contribution in [2.24, 2.45) is 0 Å². The number of ether oxygens (including phenoxy) is 2. The van der Waals surface area contributed by atoms with Gasteiger partial charge in [0.1, 0.15) is 0 Å². The smallest absolute Gasteiger partial charge is 0.224 e. The van der Waals surface area contributed by atoms with Gasteiger partial charge in [0.25, 0.3) is 0 Å². The van der Waals surface area contributed by atoms with E-state index in [2.05, 4.69) is 20.4 Å². The SMILES string of the molecule is Nc1ccccc1NC(=O)CCCC(=O)Nc1ccc(C2OC(CN3CCCC3CN3CCCC3)CC(c3ccc(CO)cc3)O2)cc1. The number of anilines is 3. The van der Waals surface area contributed by atoms with Crippen molar-refractivity contribution in [1.82, 2.24) is 9.80 Å². The van der Waals surface area contributed by atoms with E-state index in [0.29, 0.717) is 29.5 Å². The molecule has 3 fully saturated rings. The van der Waals surface area contributed by atoms with Gasteiger partial charge in [0, 0.05) is 49.6 Å². The highest BCUT2D eigenvalue weighted by Gasteiger charge is 2.36. The molecule has 0 aromatic heterocycles. The predicted octanol–water partition coefficient (Wildman–Crippen LogP) is 5.61. The van der Waals surface area contributed by atoms with E-state index in [4.69, 9.17) is 15.2 Å². The highest BCUT2D eigenvalue weighted by atomic mass is 16.7. The van der Waals surface area contributed by atoms with Gasteiger partial charge in [-0.15, -0.1) is 0 Å². The van der Waals surface area contributed by atoms with Gasteiger partial charge in [0.15, 0.2) is 6.29 Å². The fourth-order valence-electron chi connectivity index (χ4n) is 7.08. The van der Waals surface area contributed by atoms with Gasteiger partial charge >= 0.3 is 0 Å². The molecular formula is C38H49N5O5. The molecule has 0 spiro atoms. The molecule has 0 saturated carbocycles. The van der Waals surface area contributed by atoms with Crippen molar-refractivity contribution in [1.29, 1.82) is 0 Å². The summed E-state index contributed by atoms with van der Waals surface area (Å²) in [6.07, 6.45) is 6.00. The molecule has 3 saturated heterocycles. The van der Waals surface area contributed by atoms with E-state index in [0.717, 1.165) is 42.7 Å². The first-order chi connectivity index (χ1) is 23.4. The molecule has 3 aromatic rings. The van der Waals surface area contributed by atoms with Crippen LogP contribution in [0.2, 0.25) is 0 Å². The normalized spacial score (nSPS) is 23.3. The minimum absolute atomic E-state index is 0.000331. The first kappa shape index (κ1) is 34.1. The van der Waals surface area contributed by atoms with E-state index in [1.165, 1.54) is 38.8 Å². The summed E-state index contributed by atoms with van der Waals surface area (Å²) in [5.74, 6) is -0.328. The van der Waals surface area contributed by atoms with E-state index in [-0.39, 0.29) is 43.5 Å². The number of aliphatic hydroxyl groups is 1. The third kappa shape index (κ3) is 9.21. The Bertz CT molecular complexity index is 1490. The number of nitrogens with two attached hydrogens (primary N) is 1. The molecule has 3 aliphatic heterocycles. The molecule has 3 aromatic carbocycles. The second-order valence-corrected chi connectivity index (χ2v) is 13.3. The van der Waals surface area contributed by atoms with E-state index < -0.39 is 6.29 Å². The molecule has 5 N–H and O–H groups in total. The molecule has 0 radical (unpaired) electrons. The molecule has 0 aliphatic carbocycles. The summed E-state index contributed by atoms with van der Waals surface area (Å²) >= 11 is 0. The quantitative estimate of drug-likeness (QED) is 0.175. The lowest BCUT2D eigenvalue weighted by molar-refractivity contribution is -0.253. The Balaban J connectivity index is 1.05. The van der Waals surface area contributed by atoms with Gasteiger partial charge < -0.3 is 35.8 Å². The average Bonchev–Trinajstić information content (AvgIpc) is 3.78. The lowest BCUT2D eigenvalue weighted by Crippen LogP contribution is -2.45. The van der Waals surface area contributed by atoms with E-state index in [1.54, 1.807) is 12.1 Å². The van der Waals surface area contributed by atoms with Crippen LogP contribution in [0.25, 0.3) is 0 Å². The summed E-state index contributed by atoms with van der Waals surface area (Å²) in [6, 6.07) is 23.3. The maximum Gasteiger partial charge on any atom is 0.224 e. The standard InChI is InChI=1S/C38H49N5O5/c39-33-8-1-2-9-34(33)41-37(46)11-5-10-36(45)40-30-18-16-29(17-19-30)38-47-32(23-35(48-38)28-14-12-27(26-44)13-15-28)25-43-22-6-7-31(43)24-42-20-3-4-21-42/h1-2,8-9,12-19,31-32,35,38,44H,3-7,10-11,20-26,39H2,(H,40,45)(H,41,46). The molecule has 3 heterocycles. The molecule has 3 aliphatic rings. The summed E-state index contributed by atoms with van der Waals surface area (Å²) in [5, 5.41) is 15.3. The summed E-state index contributed by atoms with van der Waals surface area (Å²) in [4.78, 5) is 30.2. The number of likely N-dealkylation sites (tertiary alicyclic amines) is 2. The molecule has 48 heavy (non-hydrogen) atoms. The number of hydrogen-bond donors (Lipinski definition) is 4. The highest BCUT2D eigenvalue weighted by molar-refractivity contribution is 5.94. The van der Waals surface area contributed by atoms with Gasteiger partial charge in [0.2, 0.25) is 11.8 Å². The molecule has 6 rings (SSSR count). The maximum absolute atomic E-state index is 12.6. The van der Waals surface area contributed by atoms with Crippen molar-refractivity contribution in [3.63, 3.8) is 0 Å². The summed E-state index contributed by atoms with van der Waals surface area (Å²) < 4.78 is 13.2. The number of amides is 2. The molecule has 4 unspecified atom stereocenters. The number of rotatable bonds is 13. The first-order valence-corrected chi connectivity index (χ1v) is 17.4. The number of nitrogen functional groups attached to an aromatic ring is 1. The fourth-order valence-corrected chi connectivity index (χ4v) is 7.08. The molecular weight excluding hydrogens is 606 g/mol. The third-order valence-corrected chi connectivity index (χ3v) is 9.73. The lowest BCUT2D eigenvalue weighted by Gasteiger charge is -2.39. The predicted molar refractivity (Wildman–Crippen MR) is 187 cm³/mol. The summed E-state index contributed by atoms with van der Waals surface area (Å²) in [6.45, 7) is 5.54.